The number of rotatable bonds is 4. The Morgan fingerprint density at radius 2 is 1.35 bits per heavy atom. The van der Waals surface area contributed by atoms with E-state index >= 15 is 0 Å². The number of benzene rings is 2. The average Bonchev–Trinajstić information content (AvgIpc) is 2.48. The Kier molecular flexibility index (Phi) is 6.38. The highest BCUT2D eigenvalue weighted by atomic mass is 79.9. The summed E-state index contributed by atoms with van der Waals surface area (Å²) in [7, 11) is -0.274. The molecule has 2 rings (SSSR count). The van der Waals surface area contributed by atoms with Crippen molar-refractivity contribution in [2.45, 2.75) is 0 Å². The highest BCUT2D eigenvalue weighted by molar-refractivity contribution is 7.89. The maximum atomic E-state index is 11.8. The highest BCUT2D eigenvalue weighted by Crippen LogP contribution is 2.52. The Labute approximate surface area is 131 Å². The van der Waals surface area contributed by atoms with Gasteiger partial charge in [-0.25, -0.2) is 4.79 Å². The van der Waals surface area contributed by atoms with Crippen molar-refractivity contribution in [3.8, 4) is 0 Å². The molecular weight excluding hydrogens is 335 g/mol. The van der Waals surface area contributed by atoms with Crippen LogP contribution in [0.25, 0.3) is 0 Å². The van der Waals surface area contributed by atoms with Crippen molar-refractivity contribution in [1.29, 1.82) is 0 Å². The van der Waals surface area contributed by atoms with Gasteiger partial charge in [0.2, 0.25) is 0 Å². The summed E-state index contributed by atoms with van der Waals surface area (Å²) in [6, 6.07) is 20.5. The van der Waals surface area contributed by atoms with E-state index in [-0.39, 0.29) is 23.0 Å². The second kappa shape index (κ2) is 7.56. The minimum atomic E-state index is -1.72. The summed E-state index contributed by atoms with van der Waals surface area (Å²) in [6.07, 6.45) is 0.442. The molecule has 2 nitrogen and oxygen atoms in total. The smallest absolute Gasteiger partial charge is 0.344 e. The van der Waals surface area contributed by atoms with Gasteiger partial charge in [-0.1, -0.05) is 36.4 Å². The van der Waals surface area contributed by atoms with Crippen molar-refractivity contribution < 1.29 is 26.5 Å². The van der Waals surface area contributed by atoms with Crippen LogP contribution in [0.1, 0.15) is 0 Å². The molecule has 0 saturated heterocycles. The molecule has 0 bridgehead atoms. The van der Waals surface area contributed by atoms with Gasteiger partial charge in [0.25, 0.3) is 0 Å². The van der Waals surface area contributed by atoms with Gasteiger partial charge in [-0.3, -0.25) is 0 Å². The van der Waals surface area contributed by atoms with Crippen molar-refractivity contribution in [1.82, 2.24) is 0 Å². The fourth-order valence-electron chi connectivity index (χ4n) is 2.17. The number of carbonyl (C=O) groups excluding carboxylic acids is 1. The first-order valence-corrected chi connectivity index (χ1v) is 8.62. The van der Waals surface area contributed by atoms with Crippen LogP contribution in [0.3, 0.4) is 0 Å². The van der Waals surface area contributed by atoms with Crippen molar-refractivity contribution in [3.63, 3.8) is 0 Å². The van der Waals surface area contributed by atoms with Crippen LogP contribution >= 0.6 is 7.26 Å². The van der Waals surface area contributed by atoms with Crippen molar-refractivity contribution >= 4 is 23.8 Å². The van der Waals surface area contributed by atoms with Crippen LogP contribution in [0, 0.1) is 0 Å². The average molecular weight is 353 g/mol. The van der Waals surface area contributed by atoms with Gasteiger partial charge in [-0.05, 0) is 24.3 Å². The molecule has 2 aromatic rings. The molecule has 106 valence electrons. The first kappa shape index (κ1) is 16.9. The summed E-state index contributed by atoms with van der Waals surface area (Å²) in [6.45, 7) is 2.19. The molecule has 0 spiro atoms. The number of ether oxygens (including phenoxy) is 1. The number of hydrogen-bond donors (Lipinski definition) is 0. The Hall–Kier alpha value is -1.18. The van der Waals surface area contributed by atoms with Crippen LogP contribution in [-0.2, 0) is 9.53 Å². The zero-order valence-electron chi connectivity index (χ0n) is 11.6. The Bertz CT molecular complexity index is 503. The fraction of sp³-hybridized carbons (Fsp3) is 0.188. The van der Waals surface area contributed by atoms with E-state index in [1.807, 2.05) is 36.4 Å². The quantitative estimate of drug-likeness (QED) is 0.545. The molecule has 0 N–H and O–H groups in total. The minimum absolute atomic E-state index is 0. The molecule has 2 aromatic carbocycles. The lowest BCUT2D eigenvalue weighted by atomic mass is 10.4. The summed E-state index contributed by atoms with van der Waals surface area (Å²) in [5.41, 5.74) is 0. The van der Waals surface area contributed by atoms with Crippen LogP contribution in [0.5, 0.6) is 0 Å². The van der Waals surface area contributed by atoms with Crippen LogP contribution < -0.4 is 27.6 Å². The van der Waals surface area contributed by atoms with Gasteiger partial charge in [0, 0.05) is 0 Å². The van der Waals surface area contributed by atoms with Gasteiger partial charge >= 0.3 is 5.97 Å². The maximum Gasteiger partial charge on any atom is 0.344 e. The van der Waals surface area contributed by atoms with E-state index in [4.69, 9.17) is 4.74 Å². The van der Waals surface area contributed by atoms with Crippen LogP contribution in [0.4, 0.5) is 0 Å². The van der Waals surface area contributed by atoms with E-state index in [2.05, 4.69) is 30.9 Å². The molecule has 0 aliphatic carbocycles. The molecule has 0 atom stereocenters. The minimum Gasteiger partial charge on any atom is -1.00 e. The molecule has 0 aliphatic heterocycles. The fourth-order valence-corrected chi connectivity index (χ4v) is 5.14. The molecule has 0 aromatic heterocycles. The van der Waals surface area contributed by atoms with E-state index < -0.39 is 7.26 Å². The Morgan fingerprint density at radius 3 is 1.70 bits per heavy atom. The zero-order valence-corrected chi connectivity index (χ0v) is 14.1. The third-order valence-corrected chi connectivity index (χ3v) is 7.09. The Balaban J connectivity index is 0.00000200. The molecule has 4 heteroatoms. The molecule has 0 unspecified atom stereocenters. The molecule has 20 heavy (non-hydrogen) atoms. The number of esters is 1. The lowest BCUT2D eigenvalue weighted by Crippen LogP contribution is -3.00. The topological polar surface area (TPSA) is 26.3 Å². The van der Waals surface area contributed by atoms with Gasteiger partial charge in [0.05, 0.1) is 31.6 Å². The van der Waals surface area contributed by atoms with Gasteiger partial charge in [0.1, 0.15) is 0 Å². The second-order valence-electron chi connectivity index (χ2n) is 4.60. The maximum absolute atomic E-state index is 11.8. The molecule has 0 saturated carbocycles. The molecule has 0 amide bonds. The number of methoxy groups -OCH3 is 1. The van der Waals surface area contributed by atoms with Gasteiger partial charge < -0.3 is 21.7 Å². The summed E-state index contributed by atoms with van der Waals surface area (Å²) < 4.78 is 4.88. The predicted molar refractivity (Wildman–Crippen MR) is 81.9 cm³/mol. The van der Waals surface area contributed by atoms with Crippen LogP contribution in [0.15, 0.2) is 60.7 Å². The first-order valence-electron chi connectivity index (χ1n) is 6.20. The number of carbonyl (C=O) groups is 1. The standard InChI is InChI=1S/C16H18O2P.BrH/c1-18-16(17)13-19(2,14-9-5-3-6-10-14)15-11-7-4-8-12-15;/h3-12H,13H2,1-2H3;1H/q+1;/p-1. The molecule has 0 radical (unpaired) electrons. The van der Waals surface area contributed by atoms with E-state index in [0.717, 1.165) is 0 Å². The van der Waals surface area contributed by atoms with E-state index in [9.17, 15) is 4.79 Å². The predicted octanol–water partition coefficient (Wildman–Crippen LogP) is -0.538. The van der Waals surface area contributed by atoms with E-state index in [0.29, 0.717) is 6.16 Å². The monoisotopic (exact) mass is 352 g/mol. The molecule has 0 fully saturated rings. The summed E-state index contributed by atoms with van der Waals surface area (Å²) in [5, 5.41) is 2.46. The normalized spacial score (nSPS) is 10.5. The van der Waals surface area contributed by atoms with Crippen molar-refractivity contribution in [2.75, 3.05) is 19.9 Å². The summed E-state index contributed by atoms with van der Waals surface area (Å²) in [5.74, 6) is -0.150. The second-order valence-corrected chi connectivity index (χ2v) is 8.33. The van der Waals surface area contributed by atoms with E-state index in [1.54, 1.807) is 0 Å². The Morgan fingerprint density at radius 1 is 0.950 bits per heavy atom. The molecule has 0 aliphatic rings. The van der Waals surface area contributed by atoms with Gasteiger partial charge in [-0.15, -0.1) is 0 Å². The number of halogens is 1. The lowest BCUT2D eigenvalue weighted by Gasteiger charge is -2.21. The first-order chi connectivity index (χ1) is 9.16. The summed E-state index contributed by atoms with van der Waals surface area (Å²) in [4.78, 5) is 11.8. The van der Waals surface area contributed by atoms with Gasteiger partial charge in [-0.2, -0.15) is 0 Å². The third-order valence-electron chi connectivity index (χ3n) is 3.33. The highest BCUT2D eigenvalue weighted by Gasteiger charge is 2.40. The van der Waals surface area contributed by atoms with Crippen LogP contribution in [0.2, 0.25) is 0 Å². The summed E-state index contributed by atoms with van der Waals surface area (Å²) >= 11 is 0. The largest absolute Gasteiger partial charge is 1.00 e. The van der Waals surface area contributed by atoms with Crippen molar-refractivity contribution in [3.05, 3.63) is 60.7 Å². The molecular formula is C16H18BrO2P. The van der Waals surface area contributed by atoms with Gasteiger partial charge in [0.15, 0.2) is 6.16 Å². The zero-order chi connectivity index (χ0) is 13.7. The molecule has 0 heterocycles. The number of hydrogen-bond acceptors (Lipinski definition) is 2. The third kappa shape index (κ3) is 3.68. The lowest BCUT2D eigenvalue weighted by molar-refractivity contribution is -0.137. The SMILES string of the molecule is COC(=O)C[P+](C)(c1ccccc1)c1ccccc1.[Br-]. The van der Waals surface area contributed by atoms with Crippen molar-refractivity contribution in [2.24, 2.45) is 0 Å². The van der Waals surface area contributed by atoms with Crippen LogP contribution in [-0.4, -0.2) is 25.9 Å². The van der Waals surface area contributed by atoms with E-state index in [1.165, 1.54) is 17.7 Å².